The van der Waals surface area contributed by atoms with Gasteiger partial charge >= 0.3 is 6.18 Å². The van der Waals surface area contributed by atoms with Crippen LogP contribution in [0.5, 0.6) is 0 Å². The van der Waals surface area contributed by atoms with E-state index in [1.54, 1.807) is 17.0 Å². The molecule has 2 aromatic rings. The SMILES string of the molecule is CC[C@H]1CCCCN1C(=O)c1cc2n(n1)[C@H](C(F)(F)F)C[C@H](c1ccco1)N2. The Hall–Kier alpha value is -2.45. The van der Waals surface area contributed by atoms with E-state index in [0.717, 1.165) is 30.4 Å². The van der Waals surface area contributed by atoms with E-state index in [4.69, 9.17) is 4.42 Å². The minimum absolute atomic E-state index is 0.0530. The fourth-order valence-corrected chi connectivity index (χ4v) is 4.19. The van der Waals surface area contributed by atoms with Crippen molar-refractivity contribution in [2.45, 2.75) is 63.3 Å². The van der Waals surface area contributed by atoms with Gasteiger partial charge in [0.05, 0.1) is 12.3 Å². The minimum atomic E-state index is -4.48. The summed E-state index contributed by atoms with van der Waals surface area (Å²) in [5.41, 5.74) is 0.0530. The van der Waals surface area contributed by atoms with E-state index in [0.29, 0.717) is 12.3 Å². The monoisotopic (exact) mass is 396 g/mol. The number of carbonyl (C=O) groups is 1. The molecule has 4 rings (SSSR count). The largest absolute Gasteiger partial charge is 0.467 e. The highest BCUT2D eigenvalue weighted by Gasteiger charge is 2.47. The Labute approximate surface area is 160 Å². The van der Waals surface area contributed by atoms with Crippen molar-refractivity contribution in [3.8, 4) is 0 Å². The first-order chi connectivity index (χ1) is 13.4. The molecule has 9 heteroatoms. The molecule has 1 saturated heterocycles. The number of furan rings is 1. The highest BCUT2D eigenvalue weighted by Crippen LogP contribution is 2.43. The standard InChI is InChI=1S/C19H23F3N4O2/c1-2-12-6-3-4-8-25(12)18(27)14-11-17-23-13(15-7-5-9-28-15)10-16(19(20,21)22)26(17)24-14/h5,7,9,11-13,16,23H,2-4,6,8,10H2,1H3/t12-,13+,16-/m0/s1. The second-order valence-electron chi connectivity index (χ2n) is 7.42. The van der Waals surface area contributed by atoms with Crippen molar-refractivity contribution in [2.24, 2.45) is 0 Å². The van der Waals surface area contributed by atoms with E-state index < -0.39 is 18.3 Å². The Morgan fingerprint density at radius 2 is 2.21 bits per heavy atom. The maximum absolute atomic E-state index is 13.7. The molecule has 2 aliphatic heterocycles. The number of nitrogens with one attached hydrogen (secondary N) is 1. The van der Waals surface area contributed by atoms with Gasteiger partial charge in [0, 0.05) is 25.1 Å². The lowest BCUT2D eigenvalue weighted by molar-refractivity contribution is -0.174. The quantitative estimate of drug-likeness (QED) is 0.827. The fourth-order valence-electron chi connectivity index (χ4n) is 4.19. The van der Waals surface area contributed by atoms with Gasteiger partial charge in [-0.2, -0.15) is 18.3 Å². The van der Waals surface area contributed by atoms with Gasteiger partial charge in [0.2, 0.25) is 0 Å². The van der Waals surface area contributed by atoms with Crippen LogP contribution >= 0.6 is 0 Å². The number of anilines is 1. The van der Waals surface area contributed by atoms with E-state index in [9.17, 15) is 18.0 Å². The van der Waals surface area contributed by atoms with Crippen molar-refractivity contribution in [2.75, 3.05) is 11.9 Å². The molecule has 1 amide bonds. The molecule has 1 N–H and O–H groups in total. The van der Waals surface area contributed by atoms with Gasteiger partial charge in [-0.15, -0.1) is 0 Å². The van der Waals surface area contributed by atoms with Gasteiger partial charge in [0.25, 0.3) is 5.91 Å². The Morgan fingerprint density at radius 1 is 1.39 bits per heavy atom. The Kier molecular flexibility index (Phi) is 4.84. The zero-order valence-electron chi connectivity index (χ0n) is 15.6. The number of halogens is 3. The molecular formula is C19H23F3N4O2. The molecule has 2 aliphatic rings. The summed E-state index contributed by atoms with van der Waals surface area (Å²) in [7, 11) is 0. The molecule has 3 atom stereocenters. The summed E-state index contributed by atoms with van der Waals surface area (Å²) < 4.78 is 47.3. The second kappa shape index (κ2) is 7.18. The van der Waals surface area contributed by atoms with Crippen LogP contribution in [0.2, 0.25) is 0 Å². The van der Waals surface area contributed by atoms with Crippen LogP contribution in [-0.4, -0.2) is 39.4 Å². The van der Waals surface area contributed by atoms with E-state index in [2.05, 4.69) is 10.4 Å². The third-order valence-electron chi connectivity index (χ3n) is 5.65. The summed E-state index contributed by atoms with van der Waals surface area (Å²) in [5, 5.41) is 7.11. The smallest absolute Gasteiger partial charge is 0.410 e. The van der Waals surface area contributed by atoms with E-state index in [-0.39, 0.29) is 29.9 Å². The third kappa shape index (κ3) is 3.38. The third-order valence-corrected chi connectivity index (χ3v) is 5.65. The average Bonchev–Trinajstić information content (AvgIpc) is 3.35. The first-order valence-electron chi connectivity index (χ1n) is 9.65. The van der Waals surface area contributed by atoms with Gasteiger partial charge in [-0.3, -0.25) is 4.79 Å². The topological polar surface area (TPSA) is 63.3 Å². The predicted octanol–water partition coefficient (Wildman–Crippen LogP) is 4.54. The first-order valence-corrected chi connectivity index (χ1v) is 9.65. The molecule has 28 heavy (non-hydrogen) atoms. The normalized spacial score (nSPS) is 25.3. The molecule has 0 aliphatic carbocycles. The Morgan fingerprint density at radius 3 is 2.89 bits per heavy atom. The minimum Gasteiger partial charge on any atom is -0.467 e. The molecule has 0 spiro atoms. The number of hydrogen-bond acceptors (Lipinski definition) is 4. The van der Waals surface area contributed by atoms with Gasteiger partial charge < -0.3 is 14.6 Å². The molecule has 0 radical (unpaired) electrons. The molecule has 1 fully saturated rings. The second-order valence-corrected chi connectivity index (χ2v) is 7.42. The fraction of sp³-hybridized carbons (Fsp3) is 0.579. The summed E-state index contributed by atoms with van der Waals surface area (Å²) in [6, 6.07) is 2.38. The molecule has 0 aromatic carbocycles. The summed E-state index contributed by atoms with van der Waals surface area (Å²) >= 11 is 0. The van der Waals surface area contributed by atoms with E-state index in [1.807, 2.05) is 6.92 Å². The van der Waals surface area contributed by atoms with Crippen molar-refractivity contribution >= 4 is 11.7 Å². The number of likely N-dealkylation sites (tertiary alicyclic amines) is 1. The Balaban J connectivity index is 1.66. The number of aromatic nitrogens is 2. The van der Waals surface area contributed by atoms with Crippen molar-refractivity contribution < 1.29 is 22.4 Å². The zero-order chi connectivity index (χ0) is 19.9. The van der Waals surface area contributed by atoms with Crippen molar-refractivity contribution in [1.82, 2.24) is 14.7 Å². The van der Waals surface area contributed by atoms with Gasteiger partial charge in [-0.1, -0.05) is 6.92 Å². The molecule has 6 nitrogen and oxygen atoms in total. The highest BCUT2D eigenvalue weighted by molar-refractivity contribution is 5.93. The molecule has 2 aromatic heterocycles. The van der Waals surface area contributed by atoms with Crippen LogP contribution in [0.1, 0.15) is 67.4 Å². The highest BCUT2D eigenvalue weighted by atomic mass is 19.4. The number of fused-ring (bicyclic) bond motifs is 1. The summed E-state index contributed by atoms with van der Waals surface area (Å²) in [6.45, 7) is 2.63. The van der Waals surface area contributed by atoms with Crippen LogP contribution in [-0.2, 0) is 0 Å². The number of carbonyl (C=O) groups excluding carboxylic acids is 1. The van der Waals surface area contributed by atoms with Gasteiger partial charge in [-0.05, 0) is 37.8 Å². The van der Waals surface area contributed by atoms with Crippen LogP contribution < -0.4 is 5.32 Å². The molecule has 0 bridgehead atoms. The number of amides is 1. The lowest BCUT2D eigenvalue weighted by Gasteiger charge is -2.34. The van der Waals surface area contributed by atoms with Crippen LogP contribution in [0, 0.1) is 0 Å². The number of rotatable bonds is 3. The van der Waals surface area contributed by atoms with Crippen LogP contribution in [0.25, 0.3) is 0 Å². The van der Waals surface area contributed by atoms with Gasteiger partial charge in [0.1, 0.15) is 11.6 Å². The molecule has 0 saturated carbocycles. The lowest BCUT2D eigenvalue weighted by Crippen LogP contribution is -2.43. The maximum Gasteiger partial charge on any atom is 0.410 e. The predicted molar refractivity (Wildman–Crippen MR) is 96.0 cm³/mol. The first kappa shape index (κ1) is 18.9. The molecule has 0 unspecified atom stereocenters. The number of hydrogen-bond donors (Lipinski definition) is 1. The van der Waals surface area contributed by atoms with Crippen molar-refractivity contribution in [3.63, 3.8) is 0 Å². The zero-order valence-corrected chi connectivity index (χ0v) is 15.6. The van der Waals surface area contributed by atoms with Crippen LogP contribution in [0.15, 0.2) is 28.9 Å². The number of nitrogens with zero attached hydrogens (tertiary/aromatic N) is 3. The number of alkyl halides is 3. The molecule has 152 valence electrons. The van der Waals surface area contributed by atoms with Crippen LogP contribution in [0.4, 0.5) is 19.0 Å². The Bertz CT molecular complexity index is 831. The van der Waals surface area contributed by atoms with E-state index >= 15 is 0 Å². The lowest BCUT2D eigenvalue weighted by atomic mass is 9.99. The molecular weight excluding hydrogens is 373 g/mol. The summed E-state index contributed by atoms with van der Waals surface area (Å²) in [6.07, 6.45) is 0.404. The number of piperidine rings is 1. The van der Waals surface area contributed by atoms with Crippen molar-refractivity contribution in [1.29, 1.82) is 0 Å². The summed E-state index contributed by atoms with van der Waals surface area (Å²) in [4.78, 5) is 14.7. The summed E-state index contributed by atoms with van der Waals surface area (Å²) in [5.74, 6) is 0.311. The van der Waals surface area contributed by atoms with Crippen LogP contribution in [0.3, 0.4) is 0 Å². The average molecular weight is 396 g/mol. The van der Waals surface area contributed by atoms with Gasteiger partial charge in [0.15, 0.2) is 11.7 Å². The molecule has 4 heterocycles. The van der Waals surface area contributed by atoms with E-state index in [1.165, 1.54) is 12.3 Å². The van der Waals surface area contributed by atoms with Gasteiger partial charge in [-0.25, -0.2) is 4.68 Å². The maximum atomic E-state index is 13.7. The van der Waals surface area contributed by atoms with Crippen molar-refractivity contribution in [3.05, 3.63) is 35.9 Å².